The van der Waals surface area contributed by atoms with Crippen LogP contribution in [0.5, 0.6) is 5.75 Å². The first-order valence-corrected chi connectivity index (χ1v) is 12.2. The van der Waals surface area contributed by atoms with Crippen molar-refractivity contribution in [2.45, 2.75) is 26.4 Å². The van der Waals surface area contributed by atoms with E-state index in [0.29, 0.717) is 23.0 Å². The van der Waals surface area contributed by atoms with Gasteiger partial charge in [-0.15, -0.1) is 0 Å². The molecule has 0 aliphatic rings. The highest BCUT2D eigenvalue weighted by molar-refractivity contribution is 7.92. The molecule has 32 heavy (non-hydrogen) atoms. The normalized spacial score (nSPS) is 12.0. The molecule has 0 aliphatic carbocycles. The molecule has 0 spiro atoms. The molecule has 2 amide bonds. The second-order valence-electron chi connectivity index (χ2n) is 7.19. The third-order valence-corrected chi connectivity index (χ3v) is 6.22. The lowest BCUT2D eigenvalue weighted by Crippen LogP contribution is -2.51. The van der Waals surface area contributed by atoms with Gasteiger partial charge in [0.25, 0.3) is 0 Å². The molecule has 0 aliphatic heterocycles. The smallest absolute Gasteiger partial charge is 0.244 e. The summed E-state index contributed by atoms with van der Waals surface area (Å²) in [5, 5.41) is 3.25. The maximum atomic E-state index is 13.3. The number of sulfonamides is 1. The fourth-order valence-electron chi connectivity index (χ4n) is 3.05. The standard InChI is InChI=1S/C22H28ClN3O5S/c1-5-24-22(28)16(2)25(14-17-6-8-18(23)9-7-17)21(27)15-26(32(4,29)30)19-10-12-20(31-3)13-11-19/h6-13,16H,5,14-15H2,1-4H3,(H,24,28)/t16-/m1/s1. The molecule has 0 unspecified atom stereocenters. The minimum atomic E-state index is -3.77. The summed E-state index contributed by atoms with van der Waals surface area (Å²) in [6.07, 6.45) is 1.03. The number of carbonyl (C=O) groups excluding carboxylic acids is 2. The van der Waals surface area contributed by atoms with Crippen molar-refractivity contribution in [3.05, 3.63) is 59.1 Å². The van der Waals surface area contributed by atoms with Gasteiger partial charge in [0, 0.05) is 18.1 Å². The van der Waals surface area contributed by atoms with E-state index in [9.17, 15) is 18.0 Å². The van der Waals surface area contributed by atoms with Gasteiger partial charge < -0.3 is 15.0 Å². The average Bonchev–Trinajstić information content (AvgIpc) is 2.76. The van der Waals surface area contributed by atoms with E-state index < -0.39 is 28.5 Å². The maximum Gasteiger partial charge on any atom is 0.244 e. The molecule has 0 heterocycles. The van der Waals surface area contributed by atoms with Gasteiger partial charge in [-0.05, 0) is 55.8 Å². The molecule has 1 N–H and O–H groups in total. The third-order valence-electron chi connectivity index (χ3n) is 4.82. The zero-order valence-corrected chi connectivity index (χ0v) is 20.1. The van der Waals surface area contributed by atoms with Crippen molar-refractivity contribution >= 4 is 39.1 Å². The number of nitrogens with one attached hydrogen (secondary N) is 1. The van der Waals surface area contributed by atoms with Crippen LogP contribution in [-0.4, -0.2) is 57.6 Å². The molecule has 2 rings (SSSR count). The van der Waals surface area contributed by atoms with Crippen molar-refractivity contribution in [3.8, 4) is 5.75 Å². The summed E-state index contributed by atoms with van der Waals surface area (Å²) in [6.45, 7) is 3.46. The van der Waals surface area contributed by atoms with Gasteiger partial charge in [-0.2, -0.15) is 0 Å². The molecule has 8 nitrogen and oxygen atoms in total. The number of rotatable bonds is 10. The van der Waals surface area contributed by atoms with Crippen molar-refractivity contribution < 1.29 is 22.7 Å². The number of likely N-dealkylation sites (N-methyl/N-ethyl adjacent to an activating group) is 1. The van der Waals surface area contributed by atoms with E-state index >= 15 is 0 Å². The van der Waals surface area contributed by atoms with Crippen molar-refractivity contribution in [2.75, 3.05) is 30.8 Å². The minimum Gasteiger partial charge on any atom is -0.497 e. The van der Waals surface area contributed by atoms with E-state index in [1.54, 1.807) is 62.4 Å². The van der Waals surface area contributed by atoms with Gasteiger partial charge in [0.2, 0.25) is 21.8 Å². The maximum absolute atomic E-state index is 13.3. The minimum absolute atomic E-state index is 0.120. The van der Waals surface area contributed by atoms with Gasteiger partial charge in [-0.25, -0.2) is 8.42 Å². The average molecular weight is 482 g/mol. The lowest BCUT2D eigenvalue weighted by Gasteiger charge is -2.31. The van der Waals surface area contributed by atoms with Gasteiger partial charge in [0.05, 0.1) is 19.1 Å². The Hall–Kier alpha value is -2.78. The Morgan fingerprint density at radius 1 is 1.09 bits per heavy atom. The van der Waals surface area contributed by atoms with Gasteiger partial charge in [-0.3, -0.25) is 13.9 Å². The van der Waals surface area contributed by atoms with Crippen LogP contribution in [-0.2, 0) is 26.2 Å². The number of nitrogens with zero attached hydrogens (tertiary/aromatic N) is 2. The van der Waals surface area contributed by atoms with Crippen LogP contribution in [0.25, 0.3) is 0 Å². The van der Waals surface area contributed by atoms with E-state index in [0.717, 1.165) is 16.1 Å². The van der Waals surface area contributed by atoms with Crippen LogP contribution in [0.15, 0.2) is 48.5 Å². The van der Waals surface area contributed by atoms with Crippen LogP contribution in [0.3, 0.4) is 0 Å². The van der Waals surface area contributed by atoms with Crippen LogP contribution in [0.2, 0.25) is 5.02 Å². The topological polar surface area (TPSA) is 96.0 Å². The van der Waals surface area contributed by atoms with Crippen molar-refractivity contribution in [3.63, 3.8) is 0 Å². The summed E-state index contributed by atoms with van der Waals surface area (Å²) in [7, 11) is -2.27. The van der Waals surface area contributed by atoms with Crippen molar-refractivity contribution in [1.29, 1.82) is 0 Å². The van der Waals surface area contributed by atoms with Gasteiger partial charge >= 0.3 is 0 Å². The quantitative estimate of drug-likeness (QED) is 0.562. The Labute approximate surface area is 194 Å². The molecule has 2 aromatic rings. The van der Waals surface area contributed by atoms with Crippen LogP contribution in [0.1, 0.15) is 19.4 Å². The van der Waals surface area contributed by atoms with Crippen LogP contribution >= 0.6 is 11.6 Å². The van der Waals surface area contributed by atoms with Gasteiger partial charge in [0.15, 0.2) is 0 Å². The number of carbonyl (C=O) groups is 2. The Kier molecular flexibility index (Phi) is 8.91. The third kappa shape index (κ3) is 6.86. The summed E-state index contributed by atoms with van der Waals surface area (Å²) in [6, 6.07) is 12.4. The molecular formula is C22H28ClN3O5S. The Bertz CT molecular complexity index is 1030. The van der Waals surface area contributed by atoms with Crippen molar-refractivity contribution in [2.24, 2.45) is 0 Å². The SMILES string of the molecule is CCNC(=O)[C@@H](C)N(Cc1ccc(Cl)cc1)C(=O)CN(c1ccc(OC)cc1)S(C)(=O)=O. The second kappa shape index (κ2) is 11.2. The van der Waals surface area contributed by atoms with E-state index in [1.165, 1.54) is 12.0 Å². The lowest BCUT2D eigenvalue weighted by atomic mass is 10.1. The number of methoxy groups -OCH3 is 1. The van der Waals surface area contributed by atoms with Crippen LogP contribution < -0.4 is 14.4 Å². The summed E-state index contributed by atoms with van der Waals surface area (Å²) in [4.78, 5) is 27.1. The number of amides is 2. The molecule has 1 atom stereocenters. The summed E-state index contributed by atoms with van der Waals surface area (Å²) < 4.78 is 31.1. The lowest BCUT2D eigenvalue weighted by molar-refractivity contribution is -0.139. The fraction of sp³-hybridized carbons (Fsp3) is 0.364. The zero-order chi connectivity index (χ0) is 23.9. The second-order valence-corrected chi connectivity index (χ2v) is 9.53. The summed E-state index contributed by atoms with van der Waals surface area (Å²) >= 11 is 5.95. The van der Waals surface area contributed by atoms with E-state index in [1.807, 2.05) is 0 Å². The highest BCUT2D eigenvalue weighted by atomic mass is 35.5. The number of benzene rings is 2. The molecular weight excluding hydrogens is 454 g/mol. The van der Waals surface area contributed by atoms with E-state index in [-0.39, 0.29) is 12.5 Å². The number of anilines is 1. The zero-order valence-electron chi connectivity index (χ0n) is 18.5. The van der Waals surface area contributed by atoms with Crippen molar-refractivity contribution in [1.82, 2.24) is 10.2 Å². The highest BCUT2D eigenvalue weighted by Crippen LogP contribution is 2.22. The van der Waals surface area contributed by atoms with Gasteiger partial charge in [-0.1, -0.05) is 23.7 Å². The predicted octanol–water partition coefficient (Wildman–Crippen LogP) is 2.67. The summed E-state index contributed by atoms with van der Waals surface area (Å²) in [5.74, 6) is -0.284. The molecule has 174 valence electrons. The van der Waals surface area contributed by atoms with Crippen LogP contribution in [0, 0.1) is 0 Å². The first-order valence-electron chi connectivity index (χ1n) is 10.00. The number of ether oxygens (including phenoxy) is 1. The molecule has 0 saturated carbocycles. The molecule has 0 fully saturated rings. The fourth-order valence-corrected chi connectivity index (χ4v) is 4.03. The predicted molar refractivity (Wildman–Crippen MR) is 125 cm³/mol. The number of hydrogen-bond acceptors (Lipinski definition) is 5. The highest BCUT2D eigenvalue weighted by Gasteiger charge is 2.29. The molecule has 0 bridgehead atoms. The van der Waals surface area contributed by atoms with E-state index in [4.69, 9.17) is 16.3 Å². The van der Waals surface area contributed by atoms with Gasteiger partial charge in [0.1, 0.15) is 18.3 Å². The Morgan fingerprint density at radius 2 is 1.69 bits per heavy atom. The largest absolute Gasteiger partial charge is 0.497 e. The molecule has 0 aromatic heterocycles. The monoisotopic (exact) mass is 481 g/mol. The molecule has 10 heteroatoms. The first-order chi connectivity index (χ1) is 15.1. The summed E-state index contributed by atoms with van der Waals surface area (Å²) in [5.41, 5.74) is 1.08. The first kappa shape index (κ1) is 25.5. The molecule has 0 radical (unpaired) electrons. The van der Waals surface area contributed by atoms with E-state index in [2.05, 4.69) is 5.32 Å². The number of hydrogen-bond donors (Lipinski definition) is 1. The number of halogens is 1. The Morgan fingerprint density at radius 3 is 2.19 bits per heavy atom. The molecule has 2 aromatic carbocycles. The Balaban J connectivity index is 2.35. The molecule has 0 saturated heterocycles. The van der Waals surface area contributed by atoms with Crippen LogP contribution in [0.4, 0.5) is 5.69 Å².